The highest BCUT2D eigenvalue weighted by Gasteiger charge is 2.05. The summed E-state index contributed by atoms with van der Waals surface area (Å²) in [5.41, 5.74) is 2.67. The maximum atomic E-state index is 11.6. The van der Waals surface area contributed by atoms with Crippen molar-refractivity contribution in [3.8, 4) is 0 Å². The van der Waals surface area contributed by atoms with Crippen molar-refractivity contribution in [1.82, 2.24) is 0 Å². The molecule has 2 aromatic carbocycles. The van der Waals surface area contributed by atoms with Crippen LogP contribution in [0.1, 0.15) is 11.1 Å². The fourth-order valence-corrected chi connectivity index (χ4v) is 1.83. The molecule has 0 atom stereocenters. The van der Waals surface area contributed by atoms with Crippen LogP contribution in [0.5, 0.6) is 0 Å². The Kier molecular flexibility index (Phi) is 5.49. The normalized spacial score (nSPS) is 10.4. The molecule has 4 heteroatoms. The highest BCUT2D eigenvalue weighted by Crippen LogP contribution is 2.09. The Bertz CT molecular complexity index is 678. The maximum absolute atomic E-state index is 11.6. The molecule has 0 radical (unpaired) electrons. The molecular formula is C18H17NO3. The van der Waals surface area contributed by atoms with E-state index in [1.54, 1.807) is 18.2 Å². The molecule has 4 nitrogen and oxygen atoms in total. The van der Waals surface area contributed by atoms with Gasteiger partial charge in [-0.15, -0.1) is 0 Å². The van der Waals surface area contributed by atoms with Gasteiger partial charge < -0.3 is 10.1 Å². The Hall–Kier alpha value is -2.88. The average molecular weight is 295 g/mol. The number of aryl methyl sites for hydroxylation is 1. The number of benzene rings is 2. The van der Waals surface area contributed by atoms with Crippen molar-refractivity contribution in [1.29, 1.82) is 0 Å². The van der Waals surface area contributed by atoms with Gasteiger partial charge in [0.2, 0.25) is 0 Å². The molecule has 0 aliphatic heterocycles. The number of carbonyl (C=O) groups is 2. The number of carbonyl (C=O) groups excluding carboxylic acids is 2. The van der Waals surface area contributed by atoms with Crippen LogP contribution in [0, 0.1) is 6.92 Å². The van der Waals surface area contributed by atoms with E-state index in [9.17, 15) is 9.59 Å². The van der Waals surface area contributed by atoms with E-state index < -0.39 is 5.97 Å². The van der Waals surface area contributed by atoms with Gasteiger partial charge in [-0.1, -0.05) is 42.5 Å². The van der Waals surface area contributed by atoms with Gasteiger partial charge in [-0.3, -0.25) is 4.79 Å². The van der Waals surface area contributed by atoms with Crippen LogP contribution in [-0.4, -0.2) is 18.5 Å². The molecule has 1 amide bonds. The van der Waals surface area contributed by atoms with E-state index >= 15 is 0 Å². The minimum atomic E-state index is -0.550. The second-order valence-electron chi connectivity index (χ2n) is 4.71. The third kappa shape index (κ3) is 4.90. The van der Waals surface area contributed by atoms with Crippen molar-refractivity contribution >= 4 is 23.6 Å². The number of anilines is 1. The van der Waals surface area contributed by atoms with E-state index in [-0.39, 0.29) is 12.5 Å². The van der Waals surface area contributed by atoms with Crippen LogP contribution in [0.4, 0.5) is 5.69 Å². The Morgan fingerprint density at radius 2 is 1.73 bits per heavy atom. The Labute approximate surface area is 129 Å². The van der Waals surface area contributed by atoms with Gasteiger partial charge >= 0.3 is 5.97 Å². The predicted octanol–water partition coefficient (Wildman–Crippen LogP) is 3.19. The van der Waals surface area contributed by atoms with Crippen molar-refractivity contribution < 1.29 is 14.3 Å². The third-order valence-electron chi connectivity index (χ3n) is 2.99. The zero-order valence-electron chi connectivity index (χ0n) is 12.3. The maximum Gasteiger partial charge on any atom is 0.331 e. The lowest BCUT2D eigenvalue weighted by Crippen LogP contribution is -2.20. The van der Waals surface area contributed by atoms with E-state index in [4.69, 9.17) is 4.74 Å². The molecule has 1 N–H and O–H groups in total. The minimum absolute atomic E-state index is 0.314. The van der Waals surface area contributed by atoms with E-state index in [1.165, 1.54) is 6.08 Å². The van der Waals surface area contributed by atoms with Gasteiger partial charge in [-0.25, -0.2) is 4.79 Å². The average Bonchev–Trinajstić information content (AvgIpc) is 2.53. The summed E-state index contributed by atoms with van der Waals surface area (Å²) >= 11 is 0. The van der Waals surface area contributed by atoms with Crippen LogP contribution in [0.3, 0.4) is 0 Å². The summed E-state index contributed by atoms with van der Waals surface area (Å²) in [6.07, 6.45) is 2.99. The number of hydrogen-bond acceptors (Lipinski definition) is 3. The molecule has 0 heterocycles. The number of amides is 1. The molecule has 112 valence electrons. The number of esters is 1. The molecule has 0 aromatic heterocycles. The quantitative estimate of drug-likeness (QED) is 0.681. The second kappa shape index (κ2) is 7.78. The first-order valence-electron chi connectivity index (χ1n) is 6.90. The Morgan fingerprint density at radius 1 is 1.05 bits per heavy atom. The highest BCUT2D eigenvalue weighted by atomic mass is 16.5. The topological polar surface area (TPSA) is 55.4 Å². The summed E-state index contributed by atoms with van der Waals surface area (Å²) in [5, 5.41) is 2.64. The molecule has 0 spiro atoms. The van der Waals surface area contributed by atoms with Crippen molar-refractivity contribution in [2.24, 2.45) is 0 Å². The van der Waals surface area contributed by atoms with E-state index in [1.807, 2.05) is 49.4 Å². The number of ether oxygens (including phenoxy) is 1. The molecule has 22 heavy (non-hydrogen) atoms. The molecule has 0 bridgehead atoms. The van der Waals surface area contributed by atoms with Crippen molar-refractivity contribution in [2.45, 2.75) is 6.92 Å². The van der Waals surface area contributed by atoms with E-state index in [0.717, 1.165) is 11.1 Å². The first-order valence-corrected chi connectivity index (χ1v) is 6.90. The summed E-state index contributed by atoms with van der Waals surface area (Å²) in [7, 11) is 0. The molecular weight excluding hydrogens is 278 g/mol. The Morgan fingerprint density at radius 3 is 2.45 bits per heavy atom. The first kappa shape index (κ1) is 15.5. The fourth-order valence-electron chi connectivity index (χ4n) is 1.83. The fraction of sp³-hybridized carbons (Fsp3) is 0.111. The van der Waals surface area contributed by atoms with Crippen LogP contribution in [0.2, 0.25) is 0 Å². The van der Waals surface area contributed by atoms with Crippen LogP contribution in [0.15, 0.2) is 60.7 Å². The molecule has 2 rings (SSSR count). The second-order valence-corrected chi connectivity index (χ2v) is 4.71. The standard InChI is InChI=1S/C18H17NO3/c1-14-7-5-6-8-15(14)11-12-18(21)22-13-17(20)19-16-9-3-2-4-10-16/h2-12H,13H2,1H3,(H,19,20)/b12-11+. The Balaban J connectivity index is 1.80. The van der Waals surface area contributed by atoms with Gasteiger partial charge in [0.1, 0.15) is 0 Å². The van der Waals surface area contributed by atoms with E-state index in [2.05, 4.69) is 5.32 Å². The van der Waals surface area contributed by atoms with Crippen molar-refractivity contribution in [3.63, 3.8) is 0 Å². The zero-order valence-corrected chi connectivity index (χ0v) is 12.3. The largest absolute Gasteiger partial charge is 0.452 e. The molecule has 0 fully saturated rings. The smallest absolute Gasteiger partial charge is 0.331 e. The van der Waals surface area contributed by atoms with E-state index in [0.29, 0.717) is 5.69 Å². The van der Waals surface area contributed by atoms with Crippen LogP contribution >= 0.6 is 0 Å². The lowest BCUT2D eigenvalue weighted by molar-refractivity contribution is -0.142. The van der Waals surface area contributed by atoms with Gasteiger partial charge in [0.05, 0.1) is 0 Å². The number of para-hydroxylation sites is 1. The monoisotopic (exact) mass is 295 g/mol. The molecule has 0 saturated carbocycles. The number of rotatable bonds is 5. The molecule has 0 unspecified atom stereocenters. The molecule has 0 aliphatic carbocycles. The van der Waals surface area contributed by atoms with Crippen LogP contribution < -0.4 is 5.32 Å². The number of nitrogens with one attached hydrogen (secondary N) is 1. The predicted molar refractivity (Wildman–Crippen MR) is 86.2 cm³/mol. The lowest BCUT2D eigenvalue weighted by Gasteiger charge is -2.05. The van der Waals surface area contributed by atoms with Crippen molar-refractivity contribution in [2.75, 3.05) is 11.9 Å². The zero-order chi connectivity index (χ0) is 15.8. The summed E-state index contributed by atoms with van der Waals surface area (Å²) in [5.74, 6) is -0.921. The SMILES string of the molecule is Cc1ccccc1/C=C/C(=O)OCC(=O)Nc1ccccc1. The summed E-state index contributed by atoms with van der Waals surface area (Å²) < 4.78 is 4.90. The minimum Gasteiger partial charge on any atom is -0.452 e. The van der Waals surface area contributed by atoms with Gasteiger partial charge in [-0.2, -0.15) is 0 Å². The highest BCUT2D eigenvalue weighted by molar-refractivity contribution is 5.94. The van der Waals surface area contributed by atoms with Gasteiger partial charge in [-0.05, 0) is 36.3 Å². The summed E-state index contributed by atoms with van der Waals surface area (Å²) in [6, 6.07) is 16.7. The first-order chi connectivity index (χ1) is 10.6. The summed E-state index contributed by atoms with van der Waals surface area (Å²) in [6.45, 7) is 1.64. The number of hydrogen-bond donors (Lipinski definition) is 1. The molecule has 2 aromatic rings. The van der Waals surface area contributed by atoms with Crippen molar-refractivity contribution in [3.05, 3.63) is 71.8 Å². The van der Waals surface area contributed by atoms with Gasteiger partial charge in [0.25, 0.3) is 5.91 Å². The third-order valence-corrected chi connectivity index (χ3v) is 2.99. The molecule has 0 aliphatic rings. The lowest BCUT2D eigenvalue weighted by atomic mass is 10.1. The van der Waals surface area contributed by atoms with Crippen LogP contribution in [0.25, 0.3) is 6.08 Å². The van der Waals surface area contributed by atoms with Crippen LogP contribution in [-0.2, 0) is 14.3 Å². The van der Waals surface area contributed by atoms with Gasteiger partial charge in [0.15, 0.2) is 6.61 Å². The van der Waals surface area contributed by atoms with Gasteiger partial charge in [0, 0.05) is 11.8 Å². The molecule has 0 saturated heterocycles. The summed E-state index contributed by atoms with van der Waals surface area (Å²) in [4.78, 5) is 23.2.